The predicted octanol–water partition coefficient (Wildman–Crippen LogP) is -0.237. The van der Waals surface area contributed by atoms with Gasteiger partial charge in [0.1, 0.15) is 10.8 Å². The molecule has 2 amide bonds. The molecule has 0 bridgehead atoms. The number of nitrogens with zero attached hydrogens (tertiary/aromatic N) is 4. The number of nitrogens with two attached hydrogens (primary N) is 1. The SMILES string of the molecule is NC(=O)CN1CCCN(C(=O)c2cnc(Cl)cn2)CC1. The summed E-state index contributed by atoms with van der Waals surface area (Å²) in [7, 11) is 0. The molecule has 2 N–H and O–H groups in total. The molecule has 1 aliphatic rings. The van der Waals surface area contributed by atoms with Gasteiger partial charge in [-0.15, -0.1) is 0 Å². The summed E-state index contributed by atoms with van der Waals surface area (Å²) in [6.45, 7) is 2.76. The van der Waals surface area contributed by atoms with Gasteiger partial charge in [-0.25, -0.2) is 9.97 Å². The normalized spacial score (nSPS) is 16.8. The van der Waals surface area contributed by atoms with Crippen LogP contribution in [0.3, 0.4) is 0 Å². The van der Waals surface area contributed by atoms with E-state index in [2.05, 4.69) is 9.97 Å². The molecule has 1 aromatic heterocycles. The number of rotatable bonds is 3. The van der Waals surface area contributed by atoms with E-state index >= 15 is 0 Å². The van der Waals surface area contributed by atoms with Crippen molar-refractivity contribution in [3.8, 4) is 0 Å². The molecule has 0 aromatic carbocycles. The maximum atomic E-state index is 12.3. The molecular weight excluding hydrogens is 282 g/mol. The summed E-state index contributed by atoms with van der Waals surface area (Å²) in [4.78, 5) is 34.7. The Kier molecular flexibility index (Phi) is 4.86. The Morgan fingerprint density at radius 2 is 2.00 bits per heavy atom. The first-order chi connectivity index (χ1) is 9.56. The van der Waals surface area contributed by atoms with Crippen molar-refractivity contribution in [2.24, 2.45) is 5.73 Å². The summed E-state index contributed by atoms with van der Waals surface area (Å²) >= 11 is 5.65. The fraction of sp³-hybridized carbons (Fsp3) is 0.500. The lowest BCUT2D eigenvalue weighted by Gasteiger charge is -2.20. The molecule has 20 heavy (non-hydrogen) atoms. The first-order valence-corrected chi connectivity index (χ1v) is 6.71. The quantitative estimate of drug-likeness (QED) is 0.831. The van der Waals surface area contributed by atoms with Crippen LogP contribution in [0.2, 0.25) is 5.15 Å². The molecule has 0 radical (unpaired) electrons. The highest BCUT2D eigenvalue weighted by Gasteiger charge is 2.21. The number of aromatic nitrogens is 2. The average Bonchev–Trinajstić information content (AvgIpc) is 2.64. The van der Waals surface area contributed by atoms with Gasteiger partial charge in [-0.2, -0.15) is 0 Å². The van der Waals surface area contributed by atoms with Crippen LogP contribution in [0, 0.1) is 0 Å². The van der Waals surface area contributed by atoms with E-state index in [4.69, 9.17) is 17.3 Å². The Hall–Kier alpha value is -1.73. The fourth-order valence-corrected chi connectivity index (χ4v) is 2.23. The third kappa shape index (κ3) is 3.88. The van der Waals surface area contributed by atoms with Crippen molar-refractivity contribution >= 4 is 23.4 Å². The molecule has 7 nitrogen and oxygen atoms in total. The number of amides is 2. The average molecular weight is 298 g/mol. The predicted molar refractivity (Wildman–Crippen MR) is 73.2 cm³/mol. The van der Waals surface area contributed by atoms with Gasteiger partial charge < -0.3 is 10.6 Å². The first kappa shape index (κ1) is 14.7. The van der Waals surface area contributed by atoms with Crippen molar-refractivity contribution in [1.82, 2.24) is 19.8 Å². The molecule has 1 fully saturated rings. The van der Waals surface area contributed by atoms with Gasteiger partial charge in [0, 0.05) is 26.2 Å². The maximum absolute atomic E-state index is 12.3. The van der Waals surface area contributed by atoms with Crippen LogP contribution in [0.1, 0.15) is 16.9 Å². The molecule has 2 rings (SSSR count). The summed E-state index contributed by atoms with van der Waals surface area (Å²) in [5.41, 5.74) is 5.46. The number of hydrogen-bond acceptors (Lipinski definition) is 5. The maximum Gasteiger partial charge on any atom is 0.274 e. The molecule has 0 atom stereocenters. The Morgan fingerprint density at radius 3 is 2.65 bits per heavy atom. The highest BCUT2D eigenvalue weighted by atomic mass is 35.5. The minimum absolute atomic E-state index is 0.171. The van der Waals surface area contributed by atoms with E-state index in [0.717, 1.165) is 13.0 Å². The molecule has 1 aliphatic heterocycles. The highest BCUT2D eigenvalue weighted by Crippen LogP contribution is 2.08. The minimum atomic E-state index is -0.353. The van der Waals surface area contributed by atoms with E-state index in [1.165, 1.54) is 12.4 Å². The lowest BCUT2D eigenvalue weighted by Crippen LogP contribution is -2.38. The molecule has 0 unspecified atom stereocenters. The second-order valence-corrected chi connectivity index (χ2v) is 5.00. The molecule has 2 heterocycles. The minimum Gasteiger partial charge on any atom is -0.369 e. The Morgan fingerprint density at radius 1 is 1.20 bits per heavy atom. The zero-order valence-corrected chi connectivity index (χ0v) is 11.7. The lowest BCUT2D eigenvalue weighted by molar-refractivity contribution is -0.119. The van der Waals surface area contributed by atoms with Crippen LogP contribution in [0.25, 0.3) is 0 Å². The molecule has 0 spiro atoms. The summed E-state index contributed by atoms with van der Waals surface area (Å²) < 4.78 is 0. The largest absolute Gasteiger partial charge is 0.369 e. The third-order valence-corrected chi connectivity index (χ3v) is 3.29. The number of primary amides is 1. The topological polar surface area (TPSA) is 92.4 Å². The van der Waals surface area contributed by atoms with Crippen molar-refractivity contribution < 1.29 is 9.59 Å². The molecule has 0 aliphatic carbocycles. The second kappa shape index (κ2) is 6.62. The van der Waals surface area contributed by atoms with Crippen LogP contribution in [-0.4, -0.2) is 64.3 Å². The van der Waals surface area contributed by atoms with Gasteiger partial charge in [-0.05, 0) is 6.42 Å². The third-order valence-electron chi connectivity index (χ3n) is 3.09. The van der Waals surface area contributed by atoms with Crippen LogP contribution < -0.4 is 5.73 Å². The van der Waals surface area contributed by atoms with Crippen LogP contribution in [0.15, 0.2) is 12.4 Å². The van der Waals surface area contributed by atoms with Gasteiger partial charge in [-0.1, -0.05) is 11.6 Å². The van der Waals surface area contributed by atoms with Crippen molar-refractivity contribution in [2.75, 3.05) is 32.7 Å². The van der Waals surface area contributed by atoms with E-state index in [9.17, 15) is 9.59 Å². The van der Waals surface area contributed by atoms with Gasteiger partial charge in [0.25, 0.3) is 5.91 Å². The van der Waals surface area contributed by atoms with E-state index in [1.807, 2.05) is 4.90 Å². The van der Waals surface area contributed by atoms with Crippen LogP contribution in [0.4, 0.5) is 0 Å². The van der Waals surface area contributed by atoms with Gasteiger partial charge in [0.15, 0.2) is 0 Å². The Bertz CT molecular complexity index is 493. The number of halogens is 1. The van der Waals surface area contributed by atoms with E-state index in [1.54, 1.807) is 4.90 Å². The van der Waals surface area contributed by atoms with Gasteiger partial charge >= 0.3 is 0 Å². The summed E-state index contributed by atoms with van der Waals surface area (Å²) in [6.07, 6.45) is 3.52. The molecule has 0 saturated carbocycles. The highest BCUT2D eigenvalue weighted by molar-refractivity contribution is 6.29. The number of carbonyl (C=O) groups excluding carboxylic acids is 2. The zero-order chi connectivity index (χ0) is 14.5. The van der Waals surface area contributed by atoms with E-state index in [0.29, 0.717) is 19.6 Å². The van der Waals surface area contributed by atoms with E-state index in [-0.39, 0.29) is 29.2 Å². The van der Waals surface area contributed by atoms with Gasteiger partial charge in [-0.3, -0.25) is 14.5 Å². The molecule has 1 saturated heterocycles. The monoisotopic (exact) mass is 297 g/mol. The van der Waals surface area contributed by atoms with Gasteiger partial charge in [0.05, 0.1) is 18.9 Å². The molecule has 108 valence electrons. The smallest absolute Gasteiger partial charge is 0.274 e. The number of hydrogen-bond donors (Lipinski definition) is 1. The standard InChI is InChI=1S/C12H16ClN5O2/c13-10-7-15-9(6-16-10)12(20)18-3-1-2-17(4-5-18)8-11(14)19/h6-7H,1-5,8H2,(H2,14,19). The molecule has 1 aromatic rings. The Balaban J connectivity index is 1.97. The number of carbonyl (C=O) groups is 2. The first-order valence-electron chi connectivity index (χ1n) is 6.34. The molecule has 8 heteroatoms. The summed E-state index contributed by atoms with van der Waals surface area (Å²) in [6, 6.07) is 0. The van der Waals surface area contributed by atoms with Crippen molar-refractivity contribution in [2.45, 2.75) is 6.42 Å². The zero-order valence-electron chi connectivity index (χ0n) is 11.0. The van der Waals surface area contributed by atoms with E-state index < -0.39 is 0 Å². The lowest BCUT2D eigenvalue weighted by atomic mass is 10.3. The summed E-state index contributed by atoms with van der Waals surface area (Å²) in [5, 5.41) is 0.255. The van der Waals surface area contributed by atoms with Crippen molar-refractivity contribution in [1.29, 1.82) is 0 Å². The van der Waals surface area contributed by atoms with Crippen molar-refractivity contribution in [3.05, 3.63) is 23.2 Å². The second-order valence-electron chi connectivity index (χ2n) is 4.61. The fourth-order valence-electron chi connectivity index (χ4n) is 2.14. The van der Waals surface area contributed by atoms with Crippen LogP contribution in [0.5, 0.6) is 0 Å². The van der Waals surface area contributed by atoms with Gasteiger partial charge in [0.2, 0.25) is 5.91 Å². The Labute approximate surface area is 121 Å². The molecular formula is C12H16ClN5O2. The van der Waals surface area contributed by atoms with Crippen LogP contribution in [-0.2, 0) is 4.79 Å². The van der Waals surface area contributed by atoms with Crippen molar-refractivity contribution in [3.63, 3.8) is 0 Å². The summed E-state index contributed by atoms with van der Waals surface area (Å²) in [5.74, 6) is -0.525. The van der Waals surface area contributed by atoms with Crippen LogP contribution >= 0.6 is 11.6 Å².